The molecule has 0 amide bonds. The lowest BCUT2D eigenvalue weighted by Crippen LogP contribution is -2.25. The predicted octanol–water partition coefficient (Wildman–Crippen LogP) is 2.60. The fourth-order valence-electron chi connectivity index (χ4n) is 1.26. The molecule has 0 bridgehead atoms. The Morgan fingerprint density at radius 2 is 1.86 bits per heavy atom. The maximum atomic E-state index is 13.6. The lowest BCUT2D eigenvalue weighted by molar-refractivity contribution is -0.137. The van der Waals surface area contributed by atoms with Crippen molar-refractivity contribution in [3.63, 3.8) is 0 Å². The highest BCUT2D eigenvalue weighted by Gasteiger charge is 2.49. The van der Waals surface area contributed by atoms with Crippen LogP contribution in [0.2, 0.25) is 0 Å². The number of esters is 1. The number of carbonyl (C=O) groups excluding carboxylic acids is 1. The fourth-order valence-corrected chi connectivity index (χ4v) is 1.73. The van der Waals surface area contributed by atoms with Crippen molar-refractivity contribution in [2.45, 2.75) is 12.4 Å². The Bertz CT molecular complexity index is 679. The van der Waals surface area contributed by atoms with Crippen LogP contribution in [-0.2, 0) is 23.8 Å². The maximum Gasteiger partial charge on any atom is 0.534 e. The van der Waals surface area contributed by atoms with Gasteiger partial charge in [-0.25, -0.2) is 9.18 Å². The van der Waals surface area contributed by atoms with Gasteiger partial charge in [0.1, 0.15) is 5.82 Å². The van der Waals surface area contributed by atoms with E-state index >= 15 is 0 Å². The highest BCUT2D eigenvalue weighted by atomic mass is 32.2. The Hall–Kier alpha value is -2.10. The summed E-state index contributed by atoms with van der Waals surface area (Å²) in [6, 6.07) is 4.25. The van der Waals surface area contributed by atoms with Crippen molar-refractivity contribution in [2.75, 3.05) is 6.61 Å². The minimum absolute atomic E-state index is 0.119. The molecule has 0 saturated carbocycles. The van der Waals surface area contributed by atoms with Crippen molar-refractivity contribution >= 4 is 21.8 Å². The zero-order valence-corrected chi connectivity index (χ0v) is 11.9. The minimum Gasteiger partial charge on any atom is -0.463 e. The van der Waals surface area contributed by atoms with Crippen LogP contribution in [0.15, 0.2) is 30.3 Å². The van der Waals surface area contributed by atoms with Gasteiger partial charge in [-0.3, -0.25) is 0 Å². The van der Waals surface area contributed by atoms with Crippen LogP contribution in [0.4, 0.5) is 17.6 Å². The number of alkyl halides is 3. The highest BCUT2D eigenvalue weighted by Crippen LogP contribution is 2.30. The van der Waals surface area contributed by atoms with E-state index in [-0.39, 0.29) is 6.61 Å². The van der Waals surface area contributed by atoms with E-state index in [1.54, 1.807) is 0 Å². The second kappa shape index (κ2) is 6.77. The first-order valence-electron chi connectivity index (χ1n) is 5.72. The van der Waals surface area contributed by atoms with Crippen LogP contribution >= 0.6 is 0 Å². The zero-order valence-electron chi connectivity index (χ0n) is 11.1. The summed E-state index contributed by atoms with van der Waals surface area (Å²) >= 11 is 0. The summed E-state index contributed by atoms with van der Waals surface area (Å²) < 4.78 is 81.0. The van der Waals surface area contributed by atoms with Crippen LogP contribution in [-0.4, -0.2) is 26.5 Å². The summed E-state index contributed by atoms with van der Waals surface area (Å²) in [5, 5.41) is 0. The number of benzene rings is 1. The molecule has 0 aliphatic carbocycles. The van der Waals surface area contributed by atoms with Crippen LogP contribution in [0.5, 0.6) is 0 Å². The van der Waals surface area contributed by atoms with Gasteiger partial charge in [-0.05, 0) is 19.1 Å². The van der Waals surface area contributed by atoms with E-state index < -0.39 is 38.7 Å². The molecule has 0 spiro atoms. The second-order valence-electron chi connectivity index (χ2n) is 3.72. The normalized spacial score (nSPS) is 12.9. The smallest absolute Gasteiger partial charge is 0.463 e. The number of halogens is 4. The van der Waals surface area contributed by atoms with Gasteiger partial charge < -0.3 is 8.92 Å². The zero-order chi connectivity index (χ0) is 17.0. The number of ether oxygens (including phenoxy) is 1. The van der Waals surface area contributed by atoms with E-state index in [0.29, 0.717) is 6.08 Å². The summed E-state index contributed by atoms with van der Waals surface area (Å²) in [5.41, 5.74) is -6.37. The topological polar surface area (TPSA) is 69.7 Å². The molecule has 0 unspecified atom stereocenters. The summed E-state index contributed by atoms with van der Waals surface area (Å²) in [7, 11) is -6.07. The molecule has 0 aliphatic heterocycles. The monoisotopic (exact) mass is 342 g/mol. The van der Waals surface area contributed by atoms with Crippen LogP contribution in [0.1, 0.15) is 12.5 Å². The third-order valence-electron chi connectivity index (χ3n) is 2.16. The third-order valence-corrected chi connectivity index (χ3v) is 3.12. The molecule has 10 heteroatoms. The molecule has 1 aromatic rings. The lowest BCUT2D eigenvalue weighted by Gasteiger charge is -2.13. The SMILES string of the molecule is CCOC(=O)/C=C(\OS(=O)(=O)C(F)(F)F)c1ccccc1F. The summed E-state index contributed by atoms with van der Waals surface area (Å²) in [5.74, 6) is -3.39. The molecule has 5 nitrogen and oxygen atoms in total. The van der Waals surface area contributed by atoms with Gasteiger partial charge in [-0.1, -0.05) is 12.1 Å². The van der Waals surface area contributed by atoms with E-state index in [1.165, 1.54) is 19.1 Å². The fraction of sp³-hybridized carbons (Fsp3) is 0.250. The lowest BCUT2D eigenvalue weighted by atomic mass is 10.1. The minimum atomic E-state index is -6.07. The molecule has 0 aromatic heterocycles. The van der Waals surface area contributed by atoms with Gasteiger partial charge >= 0.3 is 21.6 Å². The van der Waals surface area contributed by atoms with Crippen LogP contribution in [0, 0.1) is 5.82 Å². The third kappa shape index (κ3) is 4.45. The number of rotatable bonds is 5. The quantitative estimate of drug-likeness (QED) is 0.205. The molecule has 0 saturated heterocycles. The summed E-state index contributed by atoms with van der Waals surface area (Å²) in [6.07, 6.45) is 0.325. The molecular formula is C12H10F4O5S. The Morgan fingerprint density at radius 3 is 2.36 bits per heavy atom. The van der Waals surface area contributed by atoms with Crippen LogP contribution < -0.4 is 0 Å². The Balaban J connectivity index is 3.31. The van der Waals surface area contributed by atoms with Crippen molar-refractivity contribution < 1.29 is 39.7 Å². The number of carbonyl (C=O) groups is 1. The van der Waals surface area contributed by atoms with Crippen LogP contribution in [0.3, 0.4) is 0 Å². The molecule has 0 radical (unpaired) electrons. The molecule has 0 fully saturated rings. The molecule has 22 heavy (non-hydrogen) atoms. The van der Waals surface area contributed by atoms with Crippen molar-refractivity contribution in [3.8, 4) is 0 Å². The summed E-state index contributed by atoms with van der Waals surface area (Å²) in [4.78, 5) is 11.3. The first-order valence-corrected chi connectivity index (χ1v) is 7.13. The average molecular weight is 342 g/mol. The molecule has 0 aliphatic rings. The van der Waals surface area contributed by atoms with E-state index in [1.807, 2.05) is 0 Å². The molecule has 0 atom stereocenters. The molecule has 1 rings (SSSR count). The Morgan fingerprint density at radius 1 is 1.27 bits per heavy atom. The first kappa shape index (κ1) is 18.0. The van der Waals surface area contributed by atoms with Crippen LogP contribution in [0.25, 0.3) is 5.76 Å². The van der Waals surface area contributed by atoms with E-state index in [9.17, 15) is 30.8 Å². The van der Waals surface area contributed by atoms with Crippen molar-refractivity contribution in [2.24, 2.45) is 0 Å². The molecule has 122 valence electrons. The largest absolute Gasteiger partial charge is 0.534 e. The average Bonchev–Trinajstić information content (AvgIpc) is 2.37. The highest BCUT2D eigenvalue weighted by molar-refractivity contribution is 7.87. The molecule has 0 heterocycles. The Kier molecular flexibility index (Phi) is 5.53. The molecular weight excluding hydrogens is 332 g/mol. The van der Waals surface area contributed by atoms with Crippen molar-refractivity contribution in [3.05, 3.63) is 41.7 Å². The van der Waals surface area contributed by atoms with Gasteiger partial charge in [0.25, 0.3) is 0 Å². The maximum absolute atomic E-state index is 13.6. The van der Waals surface area contributed by atoms with Gasteiger partial charge in [-0.2, -0.15) is 21.6 Å². The molecule has 1 aromatic carbocycles. The van der Waals surface area contributed by atoms with E-state index in [4.69, 9.17) is 0 Å². The van der Waals surface area contributed by atoms with Crippen molar-refractivity contribution in [1.29, 1.82) is 0 Å². The van der Waals surface area contributed by atoms with Crippen molar-refractivity contribution in [1.82, 2.24) is 0 Å². The van der Waals surface area contributed by atoms with Gasteiger partial charge in [0.2, 0.25) is 0 Å². The summed E-state index contributed by atoms with van der Waals surface area (Å²) in [6.45, 7) is 1.30. The van der Waals surface area contributed by atoms with E-state index in [0.717, 1.165) is 12.1 Å². The van der Waals surface area contributed by atoms with E-state index in [2.05, 4.69) is 8.92 Å². The molecule has 0 N–H and O–H groups in total. The van der Waals surface area contributed by atoms with Gasteiger partial charge in [0.15, 0.2) is 5.76 Å². The number of hydrogen-bond donors (Lipinski definition) is 0. The van der Waals surface area contributed by atoms with Gasteiger partial charge in [-0.15, -0.1) is 0 Å². The standard InChI is InChI=1S/C12H10F4O5S/c1-2-20-11(17)7-10(8-5-3-4-6-9(8)13)21-22(18,19)12(14,15)16/h3-7H,2H2,1H3/b10-7-. The Labute approximate surface area is 123 Å². The van der Waals surface area contributed by atoms with Gasteiger partial charge in [0.05, 0.1) is 18.2 Å². The number of hydrogen-bond acceptors (Lipinski definition) is 5. The second-order valence-corrected chi connectivity index (χ2v) is 5.26. The first-order chi connectivity index (χ1) is 10.1. The van der Waals surface area contributed by atoms with Gasteiger partial charge in [0, 0.05) is 0 Å². The predicted molar refractivity (Wildman–Crippen MR) is 67.1 cm³/mol.